The first kappa shape index (κ1) is 19.4. The molecule has 2 N–H and O–H groups in total. The first-order valence-corrected chi connectivity index (χ1v) is 6.24. The zero-order valence-electron chi connectivity index (χ0n) is 12.5. The number of allylic oxidation sites excluding steroid dienone is 2. The zero-order valence-corrected chi connectivity index (χ0v) is 12.5. The molecule has 0 aromatic heterocycles. The summed E-state index contributed by atoms with van der Waals surface area (Å²) >= 11 is 0. The summed E-state index contributed by atoms with van der Waals surface area (Å²) in [6, 6.07) is 10.3. The second kappa shape index (κ2) is 11.1. The molecule has 1 aromatic rings. The second-order valence-electron chi connectivity index (χ2n) is 4.02. The fourth-order valence-corrected chi connectivity index (χ4v) is 1.91. The van der Waals surface area contributed by atoms with E-state index in [0.717, 1.165) is 18.6 Å². The van der Waals surface area contributed by atoms with Crippen LogP contribution < -0.4 is 0 Å². The molecule has 0 saturated heterocycles. The topological polar surface area (TPSA) is 100 Å². The minimum atomic E-state index is -0.611. The molecule has 0 atom stereocenters. The summed E-state index contributed by atoms with van der Waals surface area (Å²) < 4.78 is 10.9. The van der Waals surface area contributed by atoms with Gasteiger partial charge in [0.1, 0.15) is 0 Å². The standard InChI is InChI=1S/C14H16O2.2CHNO/c1-15-14(16-2)10-6-9-13(11-14)12-7-4-3-5-8-12;2*2-1-3/h3-10H,11H2,1-2H3;2*2H. The molecule has 0 saturated carbocycles. The van der Waals surface area contributed by atoms with Gasteiger partial charge in [-0.25, -0.2) is 20.4 Å². The molecule has 0 amide bonds. The Balaban J connectivity index is 0.000000639. The van der Waals surface area contributed by atoms with Crippen LogP contribution >= 0.6 is 0 Å². The number of nitrogens with one attached hydrogen (secondary N) is 2. The Hall–Kier alpha value is -2.62. The Morgan fingerprint density at radius 3 is 2.00 bits per heavy atom. The summed E-state index contributed by atoms with van der Waals surface area (Å²) in [5.74, 6) is -0.611. The molecule has 0 unspecified atom stereocenters. The minimum Gasteiger partial charge on any atom is -0.349 e. The van der Waals surface area contributed by atoms with E-state index in [9.17, 15) is 0 Å². The molecule has 0 aliphatic heterocycles. The number of hydrogen-bond acceptors (Lipinski definition) is 6. The molecular weight excluding hydrogens is 284 g/mol. The third kappa shape index (κ3) is 6.22. The van der Waals surface area contributed by atoms with Crippen LogP contribution in [0.1, 0.15) is 12.0 Å². The van der Waals surface area contributed by atoms with Crippen molar-refractivity contribution < 1.29 is 19.1 Å². The van der Waals surface area contributed by atoms with Crippen molar-refractivity contribution in [3.8, 4) is 0 Å². The number of carbonyl (C=O) groups excluding carboxylic acids is 2. The maximum absolute atomic E-state index is 8.35. The lowest BCUT2D eigenvalue weighted by atomic mass is 9.93. The van der Waals surface area contributed by atoms with Gasteiger partial charge in [-0.2, -0.15) is 0 Å². The van der Waals surface area contributed by atoms with E-state index in [2.05, 4.69) is 18.2 Å². The summed E-state index contributed by atoms with van der Waals surface area (Å²) in [5, 5.41) is 10.8. The molecule has 6 heteroatoms. The number of benzene rings is 1. The van der Waals surface area contributed by atoms with Crippen LogP contribution in [0, 0.1) is 10.8 Å². The summed E-state index contributed by atoms with van der Waals surface area (Å²) in [7, 11) is 3.34. The molecule has 0 fully saturated rings. The van der Waals surface area contributed by atoms with E-state index in [1.54, 1.807) is 14.2 Å². The molecule has 116 valence electrons. The van der Waals surface area contributed by atoms with Crippen LogP contribution in [-0.2, 0) is 19.1 Å². The van der Waals surface area contributed by atoms with Gasteiger partial charge >= 0.3 is 0 Å². The van der Waals surface area contributed by atoms with Crippen LogP contribution in [0.15, 0.2) is 48.6 Å². The molecule has 0 spiro atoms. The highest BCUT2D eigenvalue weighted by Gasteiger charge is 2.29. The van der Waals surface area contributed by atoms with Crippen LogP contribution in [0.3, 0.4) is 0 Å². The van der Waals surface area contributed by atoms with E-state index in [1.807, 2.05) is 30.4 Å². The zero-order chi connectivity index (χ0) is 16.8. The molecule has 6 nitrogen and oxygen atoms in total. The van der Waals surface area contributed by atoms with Crippen molar-refractivity contribution in [3.63, 3.8) is 0 Å². The Kier molecular flexibility index (Phi) is 9.76. The molecule has 2 rings (SSSR count). The van der Waals surface area contributed by atoms with Gasteiger partial charge in [-0.15, -0.1) is 0 Å². The van der Waals surface area contributed by atoms with Gasteiger partial charge in [-0.1, -0.05) is 42.5 Å². The van der Waals surface area contributed by atoms with E-state index >= 15 is 0 Å². The highest BCUT2D eigenvalue weighted by atomic mass is 16.7. The Morgan fingerprint density at radius 2 is 1.55 bits per heavy atom. The lowest BCUT2D eigenvalue weighted by Crippen LogP contribution is -2.32. The molecule has 1 aliphatic rings. The average Bonchev–Trinajstić information content (AvgIpc) is 2.57. The lowest BCUT2D eigenvalue weighted by molar-refractivity contribution is -0.166. The number of hydrogen-bond donors (Lipinski definition) is 2. The van der Waals surface area contributed by atoms with Crippen LogP contribution in [0.4, 0.5) is 0 Å². The van der Waals surface area contributed by atoms with E-state index in [1.165, 1.54) is 11.1 Å². The van der Waals surface area contributed by atoms with Gasteiger partial charge in [0.2, 0.25) is 12.2 Å². The molecule has 1 aromatic carbocycles. The van der Waals surface area contributed by atoms with Crippen molar-refractivity contribution in [2.45, 2.75) is 12.2 Å². The normalized spacial score (nSPS) is 14.0. The molecular formula is C16H18N2O4. The number of isocyanates is 2. The van der Waals surface area contributed by atoms with E-state index in [-0.39, 0.29) is 0 Å². The highest BCUT2D eigenvalue weighted by Crippen LogP contribution is 2.32. The average molecular weight is 302 g/mol. The Labute approximate surface area is 129 Å². The van der Waals surface area contributed by atoms with Gasteiger partial charge in [0, 0.05) is 20.6 Å². The van der Waals surface area contributed by atoms with Gasteiger partial charge in [0.15, 0.2) is 5.79 Å². The summed E-state index contributed by atoms with van der Waals surface area (Å²) in [6.07, 6.45) is 8.27. The van der Waals surface area contributed by atoms with Crippen molar-refractivity contribution in [2.24, 2.45) is 0 Å². The van der Waals surface area contributed by atoms with Gasteiger partial charge in [0.25, 0.3) is 0 Å². The number of ether oxygens (including phenoxy) is 2. The van der Waals surface area contributed by atoms with Gasteiger partial charge in [0.05, 0.1) is 0 Å². The largest absolute Gasteiger partial charge is 0.349 e. The predicted octanol–water partition coefficient (Wildman–Crippen LogP) is 2.82. The van der Waals surface area contributed by atoms with Gasteiger partial charge < -0.3 is 9.47 Å². The Morgan fingerprint density at radius 1 is 1.05 bits per heavy atom. The van der Waals surface area contributed by atoms with Crippen LogP contribution in [-0.4, -0.2) is 32.2 Å². The first-order chi connectivity index (χ1) is 10.6. The fraction of sp³-hybridized carbons (Fsp3) is 0.250. The van der Waals surface area contributed by atoms with Gasteiger partial charge in [-0.05, 0) is 17.2 Å². The molecule has 1 aliphatic carbocycles. The van der Waals surface area contributed by atoms with Crippen LogP contribution in [0.25, 0.3) is 5.57 Å². The third-order valence-electron chi connectivity index (χ3n) is 2.92. The van der Waals surface area contributed by atoms with Crippen molar-refractivity contribution in [1.29, 1.82) is 10.8 Å². The quantitative estimate of drug-likeness (QED) is 0.509. The van der Waals surface area contributed by atoms with E-state index < -0.39 is 5.79 Å². The predicted molar refractivity (Wildman–Crippen MR) is 81.8 cm³/mol. The first-order valence-electron chi connectivity index (χ1n) is 6.24. The van der Waals surface area contributed by atoms with Crippen molar-refractivity contribution >= 4 is 17.7 Å². The van der Waals surface area contributed by atoms with Crippen LogP contribution in [0.2, 0.25) is 0 Å². The van der Waals surface area contributed by atoms with E-state index in [0.29, 0.717) is 0 Å². The third-order valence-corrected chi connectivity index (χ3v) is 2.92. The van der Waals surface area contributed by atoms with Crippen molar-refractivity contribution in [3.05, 3.63) is 54.1 Å². The van der Waals surface area contributed by atoms with Crippen LogP contribution in [0.5, 0.6) is 0 Å². The second-order valence-corrected chi connectivity index (χ2v) is 4.02. The van der Waals surface area contributed by atoms with E-state index in [4.69, 9.17) is 29.9 Å². The Bertz CT molecular complexity index is 551. The maximum Gasteiger partial charge on any atom is 0.231 e. The summed E-state index contributed by atoms with van der Waals surface area (Å²) in [6.45, 7) is 0. The fourth-order valence-electron chi connectivity index (χ4n) is 1.91. The minimum absolute atomic E-state index is 0.611. The van der Waals surface area contributed by atoms with Crippen molar-refractivity contribution in [1.82, 2.24) is 0 Å². The molecule has 0 radical (unpaired) electrons. The highest BCUT2D eigenvalue weighted by molar-refractivity contribution is 5.69. The number of methoxy groups -OCH3 is 2. The molecule has 0 bridgehead atoms. The lowest BCUT2D eigenvalue weighted by Gasteiger charge is -2.30. The molecule has 0 heterocycles. The smallest absolute Gasteiger partial charge is 0.231 e. The maximum atomic E-state index is 8.35. The SMILES string of the molecule is COC1(OC)C=CC=C(c2ccccc2)C1.N=C=O.N=C=O. The summed E-state index contributed by atoms with van der Waals surface area (Å²) in [5.41, 5.74) is 2.44. The molecule has 22 heavy (non-hydrogen) atoms. The summed E-state index contributed by atoms with van der Waals surface area (Å²) in [4.78, 5) is 16.7. The van der Waals surface area contributed by atoms with Gasteiger partial charge in [-0.3, -0.25) is 0 Å². The van der Waals surface area contributed by atoms with Crippen molar-refractivity contribution in [2.75, 3.05) is 14.2 Å². The monoisotopic (exact) mass is 302 g/mol. The number of rotatable bonds is 3.